The van der Waals surface area contributed by atoms with Crippen LogP contribution in [0.4, 0.5) is 4.39 Å². The number of hydrogen-bond acceptors (Lipinski definition) is 3. The Morgan fingerprint density at radius 1 is 1.12 bits per heavy atom. The Hall–Kier alpha value is -3.26. The van der Waals surface area contributed by atoms with Gasteiger partial charge in [-0.05, 0) is 65.6 Å². The zero-order valence-corrected chi connectivity index (χ0v) is 18.9. The summed E-state index contributed by atoms with van der Waals surface area (Å²) in [7, 11) is 1.55. The molecule has 0 N–H and O–H groups in total. The quantitative estimate of drug-likeness (QED) is 0.195. The topological polar surface area (TPSA) is 42.2 Å². The van der Waals surface area contributed by atoms with E-state index in [4.69, 9.17) is 32.7 Å². The highest BCUT2D eigenvalue weighted by Gasteiger charge is 2.14. The van der Waals surface area contributed by atoms with Crippen molar-refractivity contribution in [2.45, 2.75) is 13.0 Å². The first-order valence-electron chi connectivity index (χ1n) is 9.71. The lowest BCUT2D eigenvalue weighted by Gasteiger charge is -2.16. The number of benzene rings is 3. The Bertz CT molecular complexity index is 1210. The van der Waals surface area contributed by atoms with Crippen LogP contribution in [-0.2, 0) is 13.0 Å². The van der Waals surface area contributed by atoms with Crippen LogP contribution in [0.25, 0.3) is 11.6 Å². The molecule has 0 heterocycles. The number of allylic oxidation sites excluding steroid dienone is 2. The van der Waals surface area contributed by atoms with E-state index in [2.05, 4.69) is 12.6 Å². The highest BCUT2D eigenvalue weighted by atomic mass is 35.5. The van der Waals surface area contributed by atoms with Gasteiger partial charge in [-0.25, -0.2) is 4.39 Å². The van der Waals surface area contributed by atoms with E-state index in [1.165, 1.54) is 12.1 Å². The average Bonchev–Trinajstić information content (AvgIpc) is 2.78. The molecular weight excluding hydrogens is 448 g/mol. The summed E-state index contributed by atoms with van der Waals surface area (Å²) in [6, 6.07) is 17.0. The highest BCUT2D eigenvalue weighted by molar-refractivity contribution is 6.42. The van der Waals surface area contributed by atoms with Crippen LogP contribution in [0, 0.1) is 17.1 Å². The summed E-state index contributed by atoms with van der Waals surface area (Å²) < 4.78 is 25.2. The second kappa shape index (κ2) is 10.9. The van der Waals surface area contributed by atoms with E-state index >= 15 is 0 Å². The van der Waals surface area contributed by atoms with Crippen LogP contribution in [0.3, 0.4) is 0 Å². The third-order valence-corrected chi connectivity index (χ3v) is 5.41. The summed E-state index contributed by atoms with van der Waals surface area (Å²) >= 11 is 12.1. The Morgan fingerprint density at radius 3 is 2.59 bits per heavy atom. The monoisotopic (exact) mass is 467 g/mol. The molecule has 162 valence electrons. The van der Waals surface area contributed by atoms with Crippen LogP contribution >= 0.6 is 23.2 Å². The number of nitriles is 1. The Labute approximate surface area is 196 Å². The number of nitrogens with zero attached hydrogens (tertiary/aromatic N) is 1. The van der Waals surface area contributed by atoms with Crippen molar-refractivity contribution < 1.29 is 13.9 Å². The second-order valence-corrected chi connectivity index (χ2v) is 7.74. The fourth-order valence-electron chi connectivity index (χ4n) is 3.18. The van der Waals surface area contributed by atoms with Gasteiger partial charge in [-0.15, -0.1) is 6.58 Å². The molecule has 0 atom stereocenters. The van der Waals surface area contributed by atoms with E-state index in [0.717, 1.165) is 16.7 Å². The van der Waals surface area contributed by atoms with Crippen molar-refractivity contribution in [3.63, 3.8) is 0 Å². The normalized spacial score (nSPS) is 11.0. The maximum absolute atomic E-state index is 13.6. The molecule has 3 rings (SSSR count). The van der Waals surface area contributed by atoms with Crippen LogP contribution in [-0.4, -0.2) is 7.11 Å². The maximum Gasteiger partial charge on any atom is 0.165 e. The number of ether oxygens (including phenoxy) is 2. The fraction of sp³-hybridized carbons (Fsp3) is 0.115. The summed E-state index contributed by atoms with van der Waals surface area (Å²) in [5, 5.41) is 10.5. The van der Waals surface area contributed by atoms with Crippen molar-refractivity contribution >= 4 is 34.9 Å². The predicted octanol–water partition coefficient (Wildman–Crippen LogP) is 7.51. The van der Waals surface area contributed by atoms with Gasteiger partial charge in [0.15, 0.2) is 11.5 Å². The molecule has 0 fully saturated rings. The van der Waals surface area contributed by atoms with Gasteiger partial charge in [-0.3, -0.25) is 0 Å². The zero-order valence-electron chi connectivity index (χ0n) is 17.4. The first-order chi connectivity index (χ1) is 15.4. The Balaban J connectivity index is 1.98. The van der Waals surface area contributed by atoms with Crippen LogP contribution in [0.15, 0.2) is 67.3 Å². The molecule has 0 unspecified atom stereocenters. The number of methoxy groups -OCH3 is 1. The third-order valence-electron chi connectivity index (χ3n) is 4.67. The standard InChI is InChI=1S/C26H20Cl2FNO2/c1-3-5-20-10-18(11-21(15-30)19-6-4-7-22(29)14-19)13-25(31-2)26(20)32-16-17-8-9-23(27)24(28)12-17/h3-4,6-14H,1,5,16H2,2H3/b21-11-. The molecule has 6 heteroatoms. The van der Waals surface area contributed by atoms with E-state index in [0.29, 0.717) is 39.1 Å². The summed E-state index contributed by atoms with van der Waals surface area (Å²) in [6.07, 6.45) is 3.97. The van der Waals surface area contributed by atoms with E-state index in [-0.39, 0.29) is 6.61 Å². The van der Waals surface area contributed by atoms with Crippen LogP contribution in [0.2, 0.25) is 10.0 Å². The molecule has 0 amide bonds. The zero-order chi connectivity index (χ0) is 23.1. The van der Waals surface area contributed by atoms with Gasteiger partial charge in [0.2, 0.25) is 0 Å². The molecule has 32 heavy (non-hydrogen) atoms. The molecule has 0 bridgehead atoms. The molecule has 0 radical (unpaired) electrons. The van der Waals surface area contributed by atoms with Crippen LogP contribution in [0.1, 0.15) is 22.3 Å². The molecule has 0 aliphatic rings. The van der Waals surface area contributed by atoms with Crippen molar-refractivity contribution in [2.75, 3.05) is 7.11 Å². The summed E-state index contributed by atoms with van der Waals surface area (Å²) in [6.45, 7) is 4.08. The molecule has 0 saturated carbocycles. The lowest BCUT2D eigenvalue weighted by atomic mass is 10.0. The number of rotatable bonds is 8. The van der Waals surface area contributed by atoms with Crippen LogP contribution < -0.4 is 9.47 Å². The molecule has 0 saturated heterocycles. The van der Waals surface area contributed by atoms with Gasteiger partial charge in [-0.2, -0.15) is 5.26 Å². The van der Waals surface area contributed by atoms with Gasteiger partial charge in [0.25, 0.3) is 0 Å². The molecule has 3 aromatic carbocycles. The molecule has 0 aliphatic heterocycles. The number of hydrogen-bond donors (Lipinski definition) is 0. The first kappa shape index (κ1) is 23.4. The average molecular weight is 468 g/mol. The lowest BCUT2D eigenvalue weighted by Crippen LogP contribution is -2.02. The maximum atomic E-state index is 13.6. The smallest absolute Gasteiger partial charge is 0.165 e. The van der Waals surface area contributed by atoms with Gasteiger partial charge in [0.1, 0.15) is 12.4 Å². The van der Waals surface area contributed by atoms with Gasteiger partial charge < -0.3 is 9.47 Å². The highest BCUT2D eigenvalue weighted by Crippen LogP contribution is 2.36. The Kier molecular flexibility index (Phi) is 7.94. The summed E-state index contributed by atoms with van der Waals surface area (Å²) in [4.78, 5) is 0. The van der Waals surface area contributed by atoms with E-state index in [9.17, 15) is 9.65 Å². The van der Waals surface area contributed by atoms with Gasteiger partial charge in [0.05, 0.1) is 28.8 Å². The molecule has 0 aromatic heterocycles. The van der Waals surface area contributed by atoms with Crippen LogP contribution in [0.5, 0.6) is 11.5 Å². The van der Waals surface area contributed by atoms with Crippen molar-refractivity contribution in [2.24, 2.45) is 0 Å². The molecule has 0 aliphatic carbocycles. The van der Waals surface area contributed by atoms with Crippen molar-refractivity contribution in [3.8, 4) is 17.6 Å². The SMILES string of the molecule is C=CCc1cc(/C=C(/C#N)c2cccc(F)c2)cc(OC)c1OCc1ccc(Cl)c(Cl)c1. The van der Waals surface area contributed by atoms with Gasteiger partial charge in [-0.1, -0.05) is 47.5 Å². The second-order valence-electron chi connectivity index (χ2n) is 6.92. The largest absolute Gasteiger partial charge is 0.493 e. The van der Waals surface area contributed by atoms with E-state index in [1.54, 1.807) is 49.6 Å². The van der Waals surface area contributed by atoms with Gasteiger partial charge >= 0.3 is 0 Å². The van der Waals surface area contributed by atoms with E-state index < -0.39 is 5.82 Å². The van der Waals surface area contributed by atoms with Crippen molar-refractivity contribution in [3.05, 3.63) is 105 Å². The molecule has 3 aromatic rings. The third kappa shape index (κ3) is 5.70. The summed E-state index contributed by atoms with van der Waals surface area (Å²) in [5.74, 6) is 0.673. The minimum atomic E-state index is -0.403. The molecule has 3 nitrogen and oxygen atoms in total. The molecular formula is C26H20Cl2FNO2. The summed E-state index contributed by atoms with van der Waals surface area (Å²) in [5.41, 5.74) is 3.24. The minimum absolute atomic E-state index is 0.263. The fourth-order valence-corrected chi connectivity index (χ4v) is 3.50. The van der Waals surface area contributed by atoms with Gasteiger partial charge in [0, 0.05) is 5.56 Å². The van der Waals surface area contributed by atoms with Crippen molar-refractivity contribution in [1.82, 2.24) is 0 Å². The Morgan fingerprint density at radius 2 is 1.94 bits per heavy atom. The van der Waals surface area contributed by atoms with Crippen molar-refractivity contribution in [1.29, 1.82) is 5.26 Å². The molecule has 0 spiro atoms. The van der Waals surface area contributed by atoms with E-state index in [1.807, 2.05) is 12.1 Å². The first-order valence-corrected chi connectivity index (χ1v) is 10.5. The lowest BCUT2D eigenvalue weighted by molar-refractivity contribution is 0.282. The number of halogens is 3. The predicted molar refractivity (Wildman–Crippen MR) is 128 cm³/mol. The minimum Gasteiger partial charge on any atom is -0.493 e.